The highest BCUT2D eigenvalue weighted by Crippen LogP contribution is 2.32. The molecule has 1 saturated heterocycles. The Labute approximate surface area is 223 Å². The molecule has 39 heavy (non-hydrogen) atoms. The highest BCUT2D eigenvalue weighted by Gasteiger charge is 2.19. The number of amides is 1. The van der Waals surface area contributed by atoms with Crippen LogP contribution in [0, 0.1) is 11.6 Å². The fourth-order valence-electron chi connectivity index (χ4n) is 4.51. The molecule has 2 aromatic carbocycles. The van der Waals surface area contributed by atoms with Gasteiger partial charge in [0.1, 0.15) is 24.1 Å². The number of nitrogens with zero attached hydrogens (tertiary/aromatic N) is 5. The summed E-state index contributed by atoms with van der Waals surface area (Å²) < 4.78 is 42.8. The number of hydrogen-bond acceptors (Lipinski definition) is 7. The average molecular weight is 534 g/mol. The number of alkyl halides is 1. The first-order valence-corrected chi connectivity index (χ1v) is 12.4. The molecular formula is C28H26F3N7O. The molecule has 0 radical (unpaired) electrons. The Balaban J connectivity index is 1.41. The molecule has 0 atom stereocenters. The monoisotopic (exact) mass is 533 g/mol. The van der Waals surface area contributed by atoms with E-state index >= 15 is 8.78 Å². The number of halogens is 3. The third kappa shape index (κ3) is 5.83. The van der Waals surface area contributed by atoms with Crippen molar-refractivity contribution in [2.45, 2.75) is 0 Å². The first-order chi connectivity index (χ1) is 18.9. The van der Waals surface area contributed by atoms with Crippen molar-refractivity contribution in [1.29, 1.82) is 0 Å². The van der Waals surface area contributed by atoms with Gasteiger partial charge in [0, 0.05) is 61.8 Å². The van der Waals surface area contributed by atoms with Crippen molar-refractivity contribution >= 4 is 40.0 Å². The Morgan fingerprint density at radius 1 is 1.03 bits per heavy atom. The molecule has 1 amide bonds. The van der Waals surface area contributed by atoms with E-state index < -0.39 is 17.5 Å². The Hall–Kier alpha value is -4.51. The van der Waals surface area contributed by atoms with Gasteiger partial charge in [0.2, 0.25) is 11.9 Å². The van der Waals surface area contributed by atoms with Crippen molar-refractivity contribution in [3.63, 3.8) is 0 Å². The number of aromatic nitrogens is 3. The maximum atomic E-state index is 15.1. The number of hydrogen-bond donors (Lipinski definition) is 2. The fraction of sp³-hybridized carbons (Fsp3) is 0.214. The van der Waals surface area contributed by atoms with Gasteiger partial charge in [-0.3, -0.25) is 9.69 Å². The van der Waals surface area contributed by atoms with Crippen molar-refractivity contribution in [3.8, 4) is 11.1 Å². The summed E-state index contributed by atoms with van der Waals surface area (Å²) in [5.41, 5.74) is 1.85. The lowest BCUT2D eigenvalue weighted by molar-refractivity contribution is -0.111. The van der Waals surface area contributed by atoms with Crippen LogP contribution < -0.4 is 15.5 Å². The van der Waals surface area contributed by atoms with Crippen LogP contribution in [0.2, 0.25) is 0 Å². The van der Waals surface area contributed by atoms with E-state index in [1.807, 2.05) is 4.90 Å². The molecule has 1 aliphatic rings. The molecule has 2 aromatic heterocycles. The van der Waals surface area contributed by atoms with Crippen LogP contribution in [0.3, 0.4) is 0 Å². The molecule has 1 aliphatic heterocycles. The van der Waals surface area contributed by atoms with E-state index in [1.165, 1.54) is 30.6 Å². The summed E-state index contributed by atoms with van der Waals surface area (Å²) in [6, 6.07) is 10.9. The fourth-order valence-corrected chi connectivity index (χ4v) is 4.51. The van der Waals surface area contributed by atoms with Crippen LogP contribution in [-0.4, -0.2) is 65.2 Å². The second kappa shape index (κ2) is 11.5. The Morgan fingerprint density at radius 2 is 1.85 bits per heavy atom. The second-order valence-electron chi connectivity index (χ2n) is 8.98. The summed E-state index contributed by atoms with van der Waals surface area (Å²) in [6.07, 6.45) is 4.08. The lowest BCUT2D eigenvalue weighted by Gasteiger charge is -2.35. The molecule has 200 valence electrons. The van der Waals surface area contributed by atoms with Crippen LogP contribution in [0.4, 0.5) is 36.3 Å². The summed E-state index contributed by atoms with van der Waals surface area (Å²) >= 11 is 0. The van der Waals surface area contributed by atoms with E-state index in [9.17, 15) is 9.18 Å². The van der Waals surface area contributed by atoms with Crippen LogP contribution >= 0.6 is 0 Å². The summed E-state index contributed by atoms with van der Waals surface area (Å²) in [7, 11) is 0. The zero-order chi connectivity index (χ0) is 27.4. The first-order valence-electron chi connectivity index (χ1n) is 12.4. The van der Waals surface area contributed by atoms with Gasteiger partial charge >= 0.3 is 0 Å². The molecule has 0 unspecified atom stereocenters. The van der Waals surface area contributed by atoms with Crippen LogP contribution in [0.5, 0.6) is 0 Å². The van der Waals surface area contributed by atoms with Gasteiger partial charge in [0.05, 0.1) is 11.2 Å². The van der Waals surface area contributed by atoms with Gasteiger partial charge in [-0.2, -0.15) is 0 Å². The zero-order valence-electron chi connectivity index (χ0n) is 21.0. The summed E-state index contributed by atoms with van der Waals surface area (Å²) in [6.45, 7) is 6.25. The smallest absolute Gasteiger partial charge is 0.248 e. The van der Waals surface area contributed by atoms with E-state index in [0.717, 1.165) is 24.9 Å². The van der Waals surface area contributed by atoms with E-state index in [-0.39, 0.29) is 29.7 Å². The van der Waals surface area contributed by atoms with Crippen molar-refractivity contribution in [1.82, 2.24) is 19.9 Å². The lowest BCUT2D eigenvalue weighted by Crippen LogP contribution is -2.47. The Bertz CT molecular complexity index is 1520. The van der Waals surface area contributed by atoms with E-state index in [0.29, 0.717) is 36.1 Å². The molecule has 0 bridgehead atoms. The van der Waals surface area contributed by atoms with Crippen molar-refractivity contribution < 1.29 is 18.0 Å². The molecule has 0 spiro atoms. The molecule has 11 heteroatoms. The molecule has 0 saturated carbocycles. The standard InChI is InChI=1S/C28H26F3N7O/c1-2-25(39)35-24-15-18(7-9-32-24)26-21(30)5-3-19-17-33-28(36-27(19)26)34-23-6-4-20(16-22(23)31)38-13-11-37(10-8-29)12-14-38/h2-7,9,15-17H,1,8,10-14H2,(H,32,35,39)(H,33,34,36). The molecule has 8 nitrogen and oxygen atoms in total. The van der Waals surface area contributed by atoms with Crippen LogP contribution in [-0.2, 0) is 4.79 Å². The average Bonchev–Trinajstić information content (AvgIpc) is 2.94. The van der Waals surface area contributed by atoms with Crippen molar-refractivity contribution in [2.75, 3.05) is 54.9 Å². The number of carbonyl (C=O) groups excluding carboxylic acids is 1. The minimum atomic E-state index is -0.526. The second-order valence-corrected chi connectivity index (χ2v) is 8.98. The minimum Gasteiger partial charge on any atom is -0.369 e. The third-order valence-corrected chi connectivity index (χ3v) is 6.52. The number of pyridine rings is 1. The minimum absolute atomic E-state index is 0.0927. The lowest BCUT2D eigenvalue weighted by atomic mass is 10.0. The van der Waals surface area contributed by atoms with Crippen LogP contribution in [0.15, 0.2) is 67.5 Å². The number of rotatable bonds is 8. The van der Waals surface area contributed by atoms with Gasteiger partial charge in [-0.15, -0.1) is 0 Å². The van der Waals surface area contributed by atoms with Gasteiger partial charge in [-0.1, -0.05) is 6.58 Å². The van der Waals surface area contributed by atoms with Crippen LogP contribution in [0.25, 0.3) is 22.0 Å². The summed E-state index contributed by atoms with van der Waals surface area (Å²) in [5.74, 6) is -1.14. The van der Waals surface area contributed by atoms with Crippen molar-refractivity contribution in [2.24, 2.45) is 0 Å². The number of piperazine rings is 1. The predicted molar refractivity (Wildman–Crippen MR) is 146 cm³/mol. The molecule has 0 aliphatic carbocycles. The zero-order valence-corrected chi connectivity index (χ0v) is 21.0. The van der Waals surface area contributed by atoms with Gasteiger partial charge in [0.25, 0.3) is 0 Å². The van der Waals surface area contributed by atoms with Crippen molar-refractivity contribution in [3.05, 3.63) is 79.1 Å². The summed E-state index contributed by atoms with van der Waals surface area (Å²) in [5, 5.41) is 6.03. The topological polar surface area (TPSA) is 86.3 Å². The predicted octanol–water partition coefficient (Wildman–Crippen LogP) is 4.93. The number of fused-ring (bicyclic) bond motifs is 1. The number of carbonyl (C=O) groups is 1. The number of nitrogens with one attached hydrogen (secondary N) is 2. The van der Waals surface area contributed by atoms with E-state index in [4.69, 9.17) is 0 Å². The maximum Gasteiger partial charge on any atom is 0.248 e. The molecular weight excluding hydrogens is 507 g/mol. The molecule has 1 fully saturated rings. The first kappa shape index (κ1) is 26.1. The van der Waals surface area contributed by atoms with E-state index in [2.05, 4.69) is 37.1 Å². The summed E-state index contributed by atoms with van der Waals surface area (Å²) in [4.78, 5) is 28.6. The van der Waals surface area contributed by atoms with Gasteiger partial charge in [0.15, 0.2) is 0 Å². The molecule has 2 N–H and O–H groups in total. The third-order valence-electron chi connectivity index (χ3n) is 6.52. The van der Waals surface area contributed by atoms with Gasteiger partial charge in [-0.05, 0) is 54.1 Å². The Kier molecular flexibility index (Phi) is 7.69. The van der Waals surface area contributed by atoms with Gasteiger partial charge in [-0.25, -0.2) is 28.1 Å². The Morgan fingerprint density at radius 3 is 2.59 bits per heavy atom. The van der Waals surface area contributed by atoms with Crippen LogP contribution in [0.1, 0.15) is 0 Å². The highest BCUT2D eigenvalue weighted by molar-refractivity contribution is 5.99. The largest absolute Gasteiger partial charge is 0.369 e. The maximum absolute atomic E-state index is 15.1. The number of benzene rings is 2. The van der Waals surface area contributed by atoms with Gasteiger partial charge < -0.3 is 15.5 Å². The molecule has 5 rings (SSSR count). The number of anilines is 4. The highest BCUT2D eigenvalue weighted by atomic mass is 19.1. The quantitative estimate of drug-likeness (QED) is 0.311. The molecule has 4 aromatic rings. The molecule has 3 heterocycles. The van der Waals surface area contributed by atoms with E-state index in [1.54, 1.807) is 24.3 Å². The SMILES string of the molecule is C=CC(=O)Nc1cc(-c2c(F)ccc3cnc(Nc4ccc(N5CCN(CCF)CC5)cc4F)nc23)ccn1. The normalized spacial score (nSPS) is 13.9.